The SMILES string of the molecule is O=C(NCc1ccc(-n2ccnc2)c(F)c1)c1cc(Cl)c2c(c1)OCO2. The number of carbonyl (C=O) groups excluding carboxylic acids is 1. The first-order valence-electron chi connectivity index (χ1n) is 7.76. The fraction of sp³-hybridized carbons (Fsp3) is 0.111. The topological polar surface area (TPSA) is 65.4 Å². The number of benzene rings is 2. The Morgan fingerprint density at radius 2 is 2.19 bits per heavy atom. The number of hydrogen-bond acceptors (Lipinski definition) is 4. The van der Waals surface area contributed by atoms with Crippen LogP contribution in [-0.4, -0.2) is 22.3 Å². The summed E-state index contributed by atoms with van der Waals surface area (Å²) in [6, 6.07) is 7.82. The number of nitrogens with one attached hydrogen (secondary N) is 1. The second-order valence-electron chi connectivity index (χ2n) is 5.63. The van der Waals surface area contributed by atoms with Crippen molar-refractivity contribution < 1.29 is 18.7 Å². The van der Waals surface area contributed by atoms with Gasteiger partial charge in [0.15, 0.2) is 11.5 Å². The first-order valence-corrected chi connectivity index (χ1v) is 8.14. The lowest BCUT2D eigenvalue weighted by atomic mass is 10.1. The normalized spacial score (nSPS) is 12.2. The standard InChI is InChI=1S/C18H13ClFN3O3/c19-13-6-12(7-16-17(13)26-10-25-16)18(24)22-8-11-1-2-15(14(20)5-11)23-4-3-21-9-23/h1-7,9H,8,10H2,(H,22,24). The molecule has 0 unspecified atom stereocenters. The van der Waals surface area contributed by atoms with Crippen LogP contribution in [0.4, 0.5) is 4.39 Å². The van der Waals surface area contributed by atoms with Crippen LogP contribution in [0.3, 0.4) is 0 Å². The molecule has 0 saturated carbocycles. The Labute approximate surface area is 153 Å². The molecule has 0 bridgehead atoms. The molecular weight excluding hydrogens is 361 g/mol. The van der Waals surface area contributed by atoms with Gasteiger partial charge in [-0.15, -0.1) is 0 Å². The molecule has 3 aromatic rings. The summed E-state index contributed by atoms with van der Waals surface area (Å²) in [5.74, 6) is 0.115. The van der Waals surface area contributed by atoms with Gasteiger partial charge < -0.3 is 19.4 Å². The minimum atomic E-state index is -0.402. The summed E-state index contributed by atoms with van der Waals surface area (Å²) < 4.78 is 26.3. The van der Waals surface area contributed by atoms with Gasteiger partial charge in [0.2, 0.25) is 6.79 Å². The lowest BCUT2D eigenvalue weighted by Gasteiger charge is -2.09. The first-order chi connectivity index (χ1) is 12.6. The maximum atomic E-state index is 14.3. The second kappa shape index (κ2) is 6.68. The van der Waals surface area contributed by atoms with Crippen molar-refractivity contribution in [3.8, 4) is 17.2 Å². The summed E-state index contributed by atoms with van der Waals surface area (Å²) in [7, 11) is 0. The van der Waals surface area contributed by atoms with Gasteiger partial charge in [-0.3, -0.25) is 4.79 Å². The largest absolute Gasteiger partial charge is 0.454 e. The van der Waals surface area contributed by atoms with Crippen LogP contribution in [0.15, 0.2) is 49.1 Å². The van der Waals surface area contributed by atoms with E-state index in [-0.39, 0.29) is 19.2 Å². The van der Waals surface area contributed by atoms with E-state index in [0.717, 1.165) is 0 Å². The number of nitrogens with zero attached hydrogens (tertiary/aromatic N) is 2. The zero-order valence-corrected chi connectivity index (χ0v) is 14.2. The van der Waals surface area contributed by atoms with Gasteiger partial charge in [-0.25, -0.2) is 9.37 Å². The van der Waals surface area contributed by atoms with Gasteiger partial charge in [0, 0.05) is 24.5 Å². The van der Waals surface area contributed by atoms with Crippen LogP contribution in [0.25, 0.3) is 5.69 Å². The summed E-state index contributed by atoms with van der Waals surface area (Å²) >= 11 is 6.08. The molecule has 1 amide bonds. The molecule has 1 aliphatic heterocycles. The molecule has 0 aliphatic carbocycles. The quantitative estimate of drug-likeness (QED) is 0.762. The molecule has 8 heteroatoms. The predicted octanol–water partition coefficient (Wildman–Crippen LogP) is 3.32. The Hall–Kier alpha value is -3.06. The fourth-order valence-corrected chi connectivity index (χ4v) is 2.92. The van der Waals surface area contributed by atoms with E-state index in [1.807, 2.05) is 0 Å². The van der Waals surface area contributed by atoms with Crippen molar-refractivity contribution in [2.45, 2.75) is 6.54 Å². The molecule has 0 atom stereocenters. The van der Waals surface area contributed by atoms with Crippen LogP contribution in [0.2, 0.25) is 5.02 Å². The third-order valence-electron chi connectivity index (χ3n) is 3.94. The molecule has 1 N–H and O–H groups in total. The van der Waals surface area contributed by atoms with Crippen LogP contribution in [0.5, 0.6) is 11.5 Å². The van der Waals surface area contributed by atoms with Crippen molar-refractivity contribution in [3.63, 3.8) is 0 Å². The Bertz CT molecular complexity index is 976. The van der Waals surface area contributed by atoms with Crippen LogP contribution in [0.1, 0.15) is 15.9 Å². The maximum Gasteiger partial charge on any atom is 0.251 e. The van der Waals surface area contributed by atoms with E-state index in [4.69, 9.17) is 21.1 Å². The summed E-state index contributed by atoms with van der Waals surface area (Å²) in [4.78, 5) is 16.2. The molecule has 2 heterocycles. The highest BCUT2D eigenvalue weighted by Crippen LogP contribution is 2.39. The monoisotopic (exact) mass is 373 g/mol. The van der Waals surface area contributed by atoms with Crippen LogP contribution in [0, 0.1) is 5.82 Å². The smallest absolute Gasteiger partial charge is 0.251 e. The Morgan fingerprint density at radius 1 is 1.31 bits per heavy atom. The average molecular weight is 374 g/mol. The van der Waals surface area contributed by atoms with Crippen molar-refractivity contribution in [2.75, 3.05) is 6.79 Å². The van der Waals surface area contributed by atoms with E-state index < -0.39 is 5.82 Å². The highest BCUT2D eigenvalue weighted by molar-refractivity contribution is 6.32. The van der Waals surface area contributed by atoms with E-state index in [1.54, 1.807) is 35.2 Å². The van der Waals surface area contributed by atoms with Crippen LogP contribution >= 0.6 is 11.6 Å². The molecule has 4 rings (SSSR count). The number of hydrogen-bond donors (Lipinski definition) is 1. The van der Waals surface area contributed by atoms with E-state index in [1.165, 1.54) is 18.5 Å². The molecule has 0 spiro atoms. The molecule has 1 aromatic heterocycles. The Balaban J connectivity index is 1.47. The summed E-state index contributed by atoms with van der Waals surface area (Å²) in [6.07, 6.45) is 4.75. The molecule has 0 saturated heterocycles. The van der Waals surface area contributed by atoms with E-state index in [0.29, 0.717) is 33.3 Å². The number of rotatable bonds is 4. The van der Waals surface area contributed by atoms with Crippen molar-refractivity contribution in [2.24, 2.45) is 0 Å². The van der Waals surface area contributed by atoms with Gasteiger partial charge in [0.1, 0.15) is 5.82 Å². The molecule has 2 aromatic carbocycles. The van der Waals surface area contributed by atoms with Gasteiger partial charge >= 0.3 is 0 Å². The van der Waals surface area contributed by atoms with Gasteiger partial charge in [-0.2, -0.15) is 0 Å². The van der Waals surface area contributed by atoms with Gasteiger partial charge in [-0.1, -0.05) is 17.7 Å². The third kappa shape index (κ3) is 3.09. The molecular formula is C18H13ClFN3O3. The average Bonchev–Trinajstić information content (AvgIpc) is 3.31. The summed E-state index contributed by atoms with van der Waals surface area (Å²) in [6.45, 7) is 0.245. The van der Waals surface area contributed by atoms with Gasteiger partial charge in [-0.05, 0) is 29.8 Å². The van der Waals surface area contributed by atoms with E-state index in [9.17, 15) is 9.18 Å². The highest BCUT2D eigenvalue weighted by Gasteiger charge is 2.20. The van der Waals surface area contributed by atoms with Crippen molar-refractivity contribution in [3.05, 3.63) is 71.0 Å². The summed E-state index contributed by atoms with van der Waals surface area (Å²) in [5, 5.41) is 3.04. The number of carbonyl (C=O) groups is 1. The predicted molar refractivity (Wildman–Crippen MR) is 92.3 cm³/mol. The van der Waals surface area contributed by atoms with E-state index in [2.05, 4.69) is 10.3 Å². The van der Waals surface area contributed by atoms with Crippen molar-refractivity contribution in [1.82, 2.24) is 14.9 Å². The number of amides is 1. The van der Waals surface area contributed by atoms with Crippen molar-refractivity contribution >= 4 is 17.5 Å². The minimum Gasteiger partial charge on any atom is -0.454 e. The molecule has 132 valence electrons. The van der Waals surface area contributed by atoms with Crippen LogP contribution in [-0.2, 0) is 6.54 Å². The Morgan fingerprint density at radius 3 is 2.96 bits per heavy atom. The Kier molecular flexibility index (Phi) is 4.22. The summed E-state index contributed by atoms with van der Waals surface area (Å²) in [5.41, 5.74) is 1.36. The zero-order valence-electron chi connectivity index (χ0n) is 13.4. The minimum absolute atomic E-state index is 0.0721. The number of aromatic nitrogens is 2. The van der Waals surface area contributed by atoms with E-state index >= 15 is 0 Å². The number of ether oxygens (including phenoxy) is 2. The van der Waals surface area contributed by atoms with Gasteiger partial charge in [0.25, 0.3) is 5.91 Å². The number of imidazole rings is 1. The number of halogens is 2. The lowest BCUT2D eigenvalue weighted by Crippen LogP contribution is -2.22. The molecule has 26 heavy (non-hydrogen) atoms. The highest BCUT2D eigenvalue weighted by atomic mass is 35.5. The molecule has 6 nitrogen and oxygen atoms in total. The zero-order chi connectivity index (χ0) is 18.1. The lowest BCUT2D eigenvalue weighted by molar-refractivity contribution is 0.0950. The molecule has 1 aliphatic rings. The third-order valence-corrected chi connectivity index (χ3v) is 4.22. The van der Waals surface area contributed by atoms with Crippen molar-refractivity contribution in [1.29, 1.82) is 0 Å². The molecule has 0 fully saturated rings. The number of fused-ring (bicyclic) bond motifs is 1. The second-order valence-corrected chi connectivity index (χ2v) is 6.04. The molecule has 0 radical (unpaired) electrons. The fourth-order valence-electron chi connectivity index (χ4n) is 2.65. The first kappa shape index (κ1) is 16.4. The maximum absolute atomic E-state index is 14.3. The van der Waals surface area contributed by atoms with Crippen LogP contribution < -0.4 is 14.8 Å². The van der Waals surface area contributed by atoms with Gasteiger partial charge in [0.05, 0.1) is 17.0 Å².